The standard InChI is InChI=1S/C11H24N4/c1-3-13-11(12)14-10(2)9-15-7-5-4-6-8-15/h10H,3-9H2,1-2H3,(H3,12,13,14). The van der Waals surface area contributed by atoms with Crippen LogP contribution in [-0.2, 0) is 0 Å². The predicted molar refractivity (Wildman–Crippen MR) is 65.1 cm³/mol. The van der Waals surface area contributed by atoms with Crippen molar-refractivity contribution in [2.45, 2.75) is 39.2 Å². The monoisotopic (exact) mass is 212 g/mol. The summed E-state index contributed by atoms with van der Waals surface area (Å²) >= 11 is 0. The van der Waals surface area contributed by atoms with Crippen molar-refractivity contribution < 1.29 is 0 Å². The van der Waals surface area contributed by atoms with E-state index in [1.807, 2.05) is 6.92 Å². The molecule has 0 radical (unpaired) electrons. The van der Waals surface area contributed by atoms with E-state index >= 15 is 0 Å². The van der Waals surface area contributed by atoms with Gasteiger partial charge < -0.3 is 16.0 Å². The molecular formula is C11H24N4. The quantitative estimate of drug-likeness (QED) is 0.535. The third-order valence-electron chi connectivity index (χ3n) is 2.70. The van der Waals surface area contributed by atoms with Gasteiger partial charge in [0.1, 0.15) is 0 Å². The van der Waals surface area contributed by atoms with Gasteiger partial charge in [0, 0.05) is 19.1 Å². The number of rotatable bonds is 4. The average molecular weight is 212 g/mol. The zero-order valence-corrected chi connectivity index (χ0v) is 10.00. The van der Waals surface area contributed by atoms with Gasteiger partial charge in [-0.1, -0.05) is 6.42 Å². The molecule has 0 spiro atoms. The summed E-state index contributed by atoms with van der Waals surface area (Å²) in [6.45, 7) is 8.43. The van der Waals surface area contributed by atoms with Gasteiger partial charge in [-0.05, 0) is 39.8 Å². The Labute approximate surface area is 92.9 Å². The highest BCUT2D eigenvalue weighted by atomic mass is 15.2. The maximum Gasteiger partial charge on any atom is 0.188 e. The lowest BCUT2D eigenvalue weighted by atomic mass is 10.1. The van der Waals surface area contributed by atoms with Crippen molar-refractivity contribution in [3.63, 3.8) is 0 Å². The van der Waals surface area contributed by atoms with Crippen molar-refractivity contribution in [2.75, 3.05) is 26.2 Å². The maximum atomic E-state index is 5.71. The fourth-order valence-electron chi connectivity index (χ4n) is 2.04. The first kappa shape index (κ1) is 12.3. The average Bonchev–Trinajstić information content (AvgIpc) is 2.19. The minimum absolute atomic E-state index is 0.387. The molecule has 1 saturated heterocycles. The molecule has 15 heavy (non-hydrogen) atoms. The van der Waals surface area contributed by atoms with E-state index in [0.717, 1.165) is 13.1 Å². The molecule has 1 rings (SSSR count). The second kappa shape index (κ2) is 6.67. The summed E-state index contributed by atoms with van der Waals surface area (Å²) in [5, 5.41) is 3.21. The summed E-state index contributed by atoms with van der Waals surface area (Å²) in [6.07, 6.45) is 4.06. The van der Waals surface area contributed by atoms with Crippen LogP contribution in [0.3, 0.4) is 0 Å². The van der Waals surface area contributed by atoms with Gasteiger partial charge in [-0.3, -0.25) is 4.99 Å². The van der Waals surface area contributed by atoms with Crippen LogP contribution in [0.1, 0.15) is 33.1 Å². The van der Waals surface area contributed by atoms with Crippen LogP contribution in [0.15, 0.2) is 4.99 Å². The van der Waals surface area contributed by atoms with Crippen LogP contribution in [0, 0.1) is 0 Å². The van der Waals surface area contributed by atoms with Crippen LogP contribution >= 0.6 is 0 Å². The molecule has 1 unspecified atom stereocenters. The van der Waals surface area contributed by atoms with Gasteiger partial charge in [0.15, 0.2) is 5.96 Å². The number of hydrogen-bond donors (Lipinski definition) is 2. The van der Waals surface area contributed by atoms with Gasteiger partial charge >= 0.3 is 0 Å². The van der Waals surface area contributed by atoms with Gasteiger partial charge in [-0.2, -0.15) is 0 Å². The van der Waals surface area contributed by atoms with Crippen molar-refractivity contribution in [2.24, 2.45) is 10.7 Å². The Balaban J connectivity index is 2.22. The number of piperidine rings is 1. The molecule has 0 saturated carbocycles. The van der Waals surface area contributed by atoms with Crippen molar-refractivity contribution in [3.8, 4) is 0 Å². The lowest BCUT2D eigenvalue weighted by Crippen LogP contribution is -2.46. The Hall–Kier alpha value is -0.770. The fraction of sp³-hybridized carbons (Fsp3) is 0.909. The van der Waals surface area contributed by atoms with E-state index in [0.29, 0.717) is 12.0 Å². The molecule has 1 aliphatic rings. The topological polar surface area (TPSA) is 53.6 Å². The number of guanidine groups is 1. The molecule has 1 aliphatic heterocycles. The van der Waals surface area contributed by atoms with Crippen LogP contribution in [0.2, 0.25) is 0 Å². The summed E-state index contributed by atoms with van der Waals surface area (Å²) in [5.41, 5.74) is 5.71. The van der Waals surface area contributed by atoms with Crippen molar-refractivity contribution in [3.05, 3.63) is 0 Å². The van der Waals surface area contributed by atoms with Crippen LogP contribution in [0.25, 0.3) is 0 Å². The van der Waals surface area contributed by atoms with Gasteiger partial charge in [0.25, 0.3) is 0 Å². The highest BCUT2D eigenvalue weighted by Crippen LogP contribution is 2.08. The molecule has 4 heteroatoms. The summed E-state index contributed by atoms with van der Waals surface area (Å²) in [4.78, 5) is 6.62. The first-order valence-electron chi connectivity index (χ1n) is 6.01. The SMILES string of the molecule is CCN=C(N)NC(C)CN1CCCCC1. The van der Waals surface area contributed by atoms with E-state index in [1.165, 1.54) is 32.4 Å². The molecule has 0 aliphatic carbocycles. The number of hydrogen-bond acceptors (Lipinski definition) is 2. The van der Waals surface area contributed by atoms with Crippen LogP contribution in [-0.4, -0.2) is 43.1 Å². The Morgan fingerprint density at radius 2 is 2.07 bits per heavy atom. The third kappa shape index (κ3) is 5.02. The highest BCUT2D eigenvalue weighted by molar-refractivity contribution is 5.78. The minimum atomic E-state index is 0.387. The molecule has 1 heterocycles. The number of nitrogens with zero attached hydrogens (tertiary/aromatic N) is 2. The Morgan fingerprint density at radius 1 is 1.40 bits per heavy atom. The van der Waals surface area contributed by atoms with Crippen molar-refractivity contribution >= 4 is 5.96 Å². The van der Waals surface area contributed by atoms with E-state index in [1.54, 1.807) is 0 Å². The molecule has 4 nitrogen and oxygen atoms in total. The van der Waals surface area contributed by atoms with Crippen molar-refractivity contribution in [1.82, 2.24) is 10.2 Å². The molecule has 1 fully saturated rings. The largest absolute Gasteiger partial charge is 0.370 e. The molecule has 1 atom stereocenters. The minimum Gasteiger partial charge on any atom is -0.370 e. The summed E-state index contributed by atoms with van der Waals surface area (Å²) < 4.78 is 0. The third-order valence-corrected chi connectivity index (χ3v) is 2.70. The van der Waals surface area contributed by atoms with E-state index in [-0.39, 0.29) is 0 Å². The second-order valence-corrected chi connectivity index (χ2v) is 4.27. The van der Waals surface area contributed by atoms with Gasteiger partial charge in [-0.15, -0.1) is 0 Å². The smallest absolute Gasteiger partial charge is 0.188 e. The van der Waals surface area contributed by atoms with E-state index in [4.69, 9.17) is 5.73 Å². The van der Waals surface area contributed by atoms with Gasteiger partial charge in [-0.25, -0.2) is 0 Å². The zero-order chi connectivity index (χ0) is 11.1. The van der Waals surface area contributed by atoms with Gasteiger partial charge in [0.2, 0.25) is 0 Å². The van der Waals surface area contributed by atoms with Crippen LogP contribution < -0.4 is 11.1 Å². The molecule has 0 aromatic rings. The fourth-order valence-corrected chi connectivity index (χ4v) is 2.04. The van der Waals surface area contributed by atoms with E-state index in [9.17, 15) is 0 Å². The summed E-state index contributed by atoms with van der Waals surface area (Å²) in [7, 11) is 0. The normalized spacial score (nSPS) is 21.3. The summed E-state index contributed by atoms with van der Waals surface area (Å²) in [6, 6.07) is 0.387. The number of likely N-dealkylation sites (tertiary alicyclic amines) is 1. The summed E-state index contributed by atoms with van der Waals surface area (Å²) in [5.74, 6) is 0.571. The van der Waals surface area contributed by atoms with E-state index in [2.05, 4.69) is 22.1 Å². The molecule has 0 aromatic heterocycles. The predicted octanol–water partition coefficient (Wildman–Crippen LogP) is 0.785. The molecule has 0 aromatic carbocycles. The number of nitrogens with two attached hydrogens (primary N) is 1. The second-order valence-electron chi connectivity index (χ2n) is 4.27. The van der Waals surface area contributed by atoms with Gasteiger partial charge in [0.05, 0.1) is 0 Å². The van der Waals surface area contributed by atoms with Crippen LogP contribution in [0.4, 0.5) is 0 Å². The molecule has 3 N–H and O–H groups in total. The lowest BCUT2D eigenvalue weighted by Gasteiger charge is -2.29. The molecule has 88 valence electrons. The Bertz CT molecular complexity index is 197. The maximum absolute atomic E-state index is 5.71. The molecule has 0 amide bonds. The molecule has 0 bridgehead atoms. The first-order chi connectivity index (χ1) is 7.22. The highest BCUT2D eigenvalue weighted by Gasteiger charge is 2.13. The lowest BCUT2D eigenvalue weighted by molar-refractivity contribution is 0.215. The zero-order valence-electron chi connectivity index (χ0n) is 10.00. The molecular weight excluding hydrogens is 188 g/mol. The van der Waals surface area contributed by atoms with Crippen molar-refractivity contribution in [1.29, 1.82) is 0 Å². The van der Waals surface area contributed by atoms with E-state index < -0.39 is 0 Å². The number of aliphatic imine (C=N–C) groups is 1. The Kier molecular flexibility index (Phi) is 5.47. The van der Waals surface area contributed by atoms with Crippen LogP contribution in [0.5, 0.6) is 0 Å². The number of nitrogens with one attached hydrogen (secondary N) is 1. The Morgan fingerprint density at radius 3 is 2.67 bits per heavy atom. The first-order valence-corrected chi connectivity index (χ1v) is 6.01.